The third-order valence-corrected chi connectivity index (χ3v) is 1.95. The average Bonchev–Trinajstić information content (AvgIpc) is 2.56. The van der Waals surface area contributed by atoms with Gasteiger partial charge >= 0.3 is 0 Å². The van der Waals surface area contributed by atoms with E-state index in [1.165, 1.54) is 6.42 Å². The van der Waals surface area contributed by atoms with Crippen LogP contribution in [0.25, 0.3) is 0 Å². The van der Waals surface area contributed by atoms with Crippen molar-refractivity contribution in [3.05, 3.63) is 24.2 Å². The first-order valence-corrected chi connectivity index (χ1v) is 4.61. The summed E-state index contributed by atoms with van der Waals surface area (Å²) < 4.78 is 5.27. The fraction of sp³-hybridized carbons (Fsp3) is 0.600. The monoisotopic (exact) mass is 167 g/mol. The van der Waals surface area contributed by atoms with Crippen molar-refractivity contribution in [1.82, 2.24) is 4.90 Å². The molecule has 0 aromatic carbocycles. The van der Waals surface area contributed by atoms with E-state index in [0.717, 1.165) is 25.4 Å². The van der Waals surface area contributed by atoms with Crippen LogP contribution in [0.15, 0.2) is 22.8 Å². The molecule has 0 aliphatic rings. The van der Waals surface area contributed by atoms with Gasteiger partial charge in [0.1, 0.15) is 5.76 Å². The van der Waals surface area contributed by atoms with E-state index >= 15 is 0 Å². The van der Waals surface area contributed by atoms with Crippen molar-refractivity contribution in [1.29, 1.82) is 0 Å². The molecule has 0 bridgehead atoms. The number of hydrogen-bond donors (Lipinski definition) is 0. The highest BCUT2D eigenvalue weighted by Gasteiger charge is 2.03. The average molecular weight is 167 g/mol. The van der Waals surface area contributed by atoms with Gasteiger partial charge in [-0.2, -0.15) is 0 Å². The largest absolute Gasteiger partial charge is 0.468 e. The summed E-state index contributed by atoms with van der Waals surface area (Å²) in [5.41, 5.74) is 0. The molecule has 0 spiro atoms. The first kappa shape index (κ1) is 9.33. The van der Waals surface area contributed by atoms with Gasteiger partial charge in [-0.3, -0.25) is 4.90 Å². The molecule has 1 rings (SSSR count). The number of hydrogen-bond acceptors (Lipinski definition) is 2. The lowest BCUT2D eigenvalue weighted by molar-refractivity contribution is 0.256. The minimum Gasteiger partial charge on any atom is -0.468 e. The number of furan rings is 1. The third kappa shape index (κ3) is 2.70. The van der Waals surface area contributed by atoms with Crippen LogP contribution in [-0.4, -0.2) is 18.0 Å². The molecule has 2 nitrogen and oxygen atoms in total. The van der Waals surface area contributed by atoms with Crippen LogP contribution >= 0.6 is 0 Å². The molecule has 0 amide bonds. The molecule has 0 saturated heterocycles. The topological polar surface area (TPSA) is 16.4 Å². The summed E-state index contributed by atoms with van der Waals surface area (Å²) in [5.74, 6) is 1.06. The second kappa shape index (κ2) is 4.99. The highest BCUT2D eigenvalue weighted by molar-refractivity contribution is 4.97. The van der Waals surface area contributed by atoms with Crippen LogP contribution in [0.1, 0.15) is 26.0 Å². The lowest BCUT2D eigenvalue weighted by Crippen LogP contribution is -2.23. The quantitative estimate of drug-likeness (QED) is 0.670. The molecule has 0 aliphatic heterocycles. The Balaban J connectivity index is 2.37. The summed E-state index contributed by atoms with van der Waals surface area (Å²) in [6.07, 6.45) is 2.93. The fourth-order valence-corrected chi connectivity index (χ4v) is 1.29. The molecule has 68 valence electrons. The molecule has 2 heteroatoms. The second-order valence-corrected chi connectivity index (χ2v) is 2.95. The van der Waals surface area contributed by atoms with Crippen LogP contribution in [0.3, 0.4) is 0 Å². The van der Waals surface area contributed by atoms with Crippen molar-refractivity contribution >= 4 is 0 Å². The van der Waals surface area contributed by atoms with Gasteiger partial charge in [0, 0.05) is 0 Å². The lowest BCUT2D eigenvalue weighted by Gasteiger charge is -2.17. The predicted octanol–water partition coefficient (Wildman–Crippen LogP) is 2.51. The van der Waals surface area contributed by atoms with E-state index in [9.17, 15) is 0 Å². The highest BCUT2D eigenvalue weighted by Crippen LogP contribution is 2.05. The van der Waals surface area contributed by atoms with Gasteiger partial charge in [-0.05, 0) is 31.6 Å². The molecule has 1 heterocycles. The van der Waals surface area contributed by atoms with Gasteiger partial charge in [0.05, 0.1) is 12.8 Å². The summed E-state index contributed by atoms with van der Waals surface area (Å²) >= 11 is 0. The van der Waals surface area contributed by atoms with Crippen molar-refractivity contribution in [2.45, 2.75) is 26.8 Å². The Bertz CT molecular complexity index is 194. The van der Waals surface area contributed by atoms with E-state index < -0.39 is 0 Å². The van der Waals surface area contributed by atoms with Gasteiger partial charge in [-0.25, -0.2) is 0 Å². The summed E-state index contributed by atoms with van der Waals surface area (Å²) in [4.78, 5) is 2.37. The zero-order valence-electron chi connectivity index (χ0n) is 7.92. The van der Waals surface area contributed by atoms with Gasteiger partial charge < -0.3 is 4.42 Å². The molecule has 0 aliphatic carbocycles. The van der Waals surface area contributed by atoms with Crippen LogP contribution < -0.4 is 0 Å². The van der Waals surface area contributed by atoms with E-state index in [2.05, 4.69) is 18.7 Å². The van der Waals surface area contributed by atoms with Crippen molar-refractivity contribution < 1.29 is 4.42 Å². The SMILES string of the molecule is CCCN(CC)Cc1ccco1. The predicted molar refractivity (Wildman–Crippen MR) is 50.0 cm³/mol. The van der Waals surface area contributed by atoms with Gasteiger partial charge in [0.25, 0.3) is 0 Å². The molecular weight excluding hydrogens is 150 g/mol. The van der Waals surface area contributed by atoms with E-state index in [0.29, 0.717) is 0 Å². The first-order chi connectivity index (χ1) is 5.86. The minimum atomic E-state index is 0.942. The Morgan fingerprint density at radius 3 is 2.75 bits per heavy atom. The smallest absolute Gasteiger partial charge is 0.117 e. The normalized spacial score (nSPS) is 10.9. The van der Waals surface area contributed by atoms with Gasteiger partial charge in [-0.15, -0.1) is 0 Å². The number of rotatable bonds is 5. The van der Waals surface area contributed by atoms with Crippen molar-refractivity contribution in [3.63, 3.8) is 0 Å². The van der Waals surface area contributed by atoms with Crippen LogP contribution in [0.5, 0.6) is 0 Å². The van der Waals surface area contributed by atoms with Crippen molar-refractivity contribution in [2.75, 3.05) is 13.1 Å². The summed E-state index contributed by atoms with van der Waals surface area (Å²) in [6.45, 7) is 7.56. The minimum absolute atomic E-state index is 0.942. The molecule has 0 N–H and O–H groups in total. The fourth-order valence-electron chi connectivity index (χ4n) is 1.29. The van der Waals surface area contributed by atoms with E-state index in [-0.39, 0.29) is 0 Å². The Morgan fingerprint density at radius 2 is 2.25 bits per heavy atom. The van der Waals surface area contributed by atoms with Crippen molar-refractivity contribution in [2.24, 2.45) is 0 Å². The van der Waals surface area contributed by atoms with E-state index in [1.54, 1.807) is 6.26 Å². The van der Waals surface area contributed by atoms with Gasteiger partial charge in [0.2, 0.25) is 0 Å². The molecule has 0 saturated carbocycles. The summed E-state index contributed by atoms with van der Waals surface area (Å²) in [7, 11) is 0. The maximum Gasteiger partial charge on any atom is 0.117 e. The van der Waals surface area contributed by atoms with Gasteiger partial charge in [-0.1, -0.05) is 13.8 Å². The third-order valence-electron chi connectivity index (χ3n) is 1.95. The van der Waals surface area contributed by atoms with E-state index in [4.69, 9.17) is 4.42 Å². The van der Waals surface area contributed by atoms with Gasteiger partial charge in [0.15, 0.2) is 0 Å². The highest BCUT2D eigenvalue weighted by atomic mass is 16.3. The molecule has 0 fully saturated rings. The molecule has 12 heavy (non-hydrogen) atoms. The Hall–Kier alpha value is -0.760. The standard InChI is InChI=1S/C10H17NO/c1-3-7-11(4-2)9-10-6-5-8-12-10/h5-6,8H,3-4,7,9H2,1-2H3. The molecule has 1 aromatic rings. The Kier molecular flexibility index (Phi) is 3.88. The Labute approximate surface area is 74.2 Å². The number of nitrogens with zero attached hydrogens (tertiary/aromatic N) is 1. The molecular formula is C10H17NO. The summed E-state index contributed by atoms with van der Waals surface area (Å²) in [6, 6.07) is 3.97. The van der Waals surface area contributed by atoms with Crippen LogP contribution in [-0.2, 0) is 6.54 Å². The molecule has 0 unspecified atom stereocenters. The zero-order chi connectivity index (χ0) is 8.81. The maximum absolute atomic E-state index is 5.27. The van der Waals surface area contributed by atoms with E-state index in [1.807, 2.05) is 12.1 Å². The summed E-state index contributed by atoms with van der Waals surface area (Å²) in [5, 5.41) is 0. The van der Waals surface area contributed by atoms with Crippen LogP contribution in [0.4, 0.5) is 0 Å². The molecule has 0 radical (unpaired) electrons. The lowest BCUT2D eigenvalue weighted by atomic mass is 10.3. The van der Waals surface area contributed by atoms with Crippen LogP contribution in [0.2, 0.25) is 0 Å². The zero-order valence-corrected chi connectivity index (χ0v) is 7.92. The maximum atomic E-state index is 5.27. The van der Waals surface area contributed by atoms with Crippen LogP contribution in [0, 0.1) is 0 Å². The first-order valence-electron chi connectivity index (χ1n) is 4.61. The second-order valence-electron chi connectivity index (χ2n) is 2.95. The van der Waals surface area contributed by atoms with Crippen molar-refractivity contribution in [3.8, 4) is 0 Å². The molecule has 0 atom stereocenters. The Morgan fingerprint density at radius 1 is 1.42 bits per heavy atom. The molecule has 1 aromatic heterocycles.